The quantitative estimate of drug-likeness (QED) is 0.860. The van der Waals surface area contributed by atoms with Crippen molar-refractivity contribution >= 4 is 17.6 Å². The fraction of sp³-hybridized carbons (Fsp3) is 0.600. The molecule has 15 heavy (non-hydrogen) atoms. The molecule has 0 saturated heterocycles. The summed E-state index contributed by atoms with van der Waals surface area (Å²) in [6.07, 6.45) is 3.40. The van der Waals surface area contributed by atoms with E-state index >= 15 is 0 Å². The standard InChI is InChI=1S/C10H16FN3S/c1-7-8(11)9(14-6-13-7)12-5-10(2,3)15-4/h6H,5H2,1-4H3,(H,12,13,14). The minimum atomic E-state index is -0.366. The van der Waals surface area contributed by atoms with Crippen molar-refractivity contribution in [2.45, 2.75) is 25.5 Å². The number of hydrogen-bond donors (Lipinski definition) is 1. The van der Waals surface area contributed by atoms with Gasteiger partial charge in [-0.05, 0) is 27.0 Å². The van der Waals surface area contributed by atoms with Gasteiger partial charge in [0, 0.05) is 11.3 Å². The highest BCUT2D eigenvalue weighted by Gasteiger charge is 2.17. The number of anilines is 1. The smallest absolute Gasteiger partial charge is 0.186 e. The molecule has 0 bridgehead atoms. The van der Waals surface area contributed by atoms with E-state index in [0.29, 0.717) is 12.2 Å². The van der Waals surface area contributed by atoms with Crippen LogP contribution in [0.5, 0.6) is 0 Å². The van der Waals surface area contributed by atoms with E-state index in [1.807, 2.05) is 6.26 Å². The average Bonchev–Trinajstić information content (AvgIpc) is 2.20. The van der Waals surface area contributed by atoms with Crippen LogP contribution in [0, 0.1) is 12.7 Å². The molecule has 0 aromatic carbocycles. The number of halogens is 1. The number of aryl methyl sites for hydroxylation is 1. The second-order valence-electron chi connectivity index (χ2n) is 3.94. The Balaban J connectivity index is 2.70. The summed E-state index contributed by atoms with van der Waals surface area (Å²) < 4.78 is 13.5. The molecular weight excluding hydrogens is 213 g/mol. The van der Waals surface area contributed by atoms with E-state index in [1.54, 1.807) is 18.7 Å². The second kappa shape index (κ2) is 4.79. The van der Waals surface area contributed by atoms with Crippen LogP contribution < -0.4 is 5.32 Å². The molecule has 0 aliphatic carbocycles. The molecule has 0 aliphatic heterocycles. The van der Waals surface area contributed by atoms with E-state index in [1.165, 1.54) is 6.33 Å². The fourth-order valence-electron chi connectivity index (χ4n) is 0.950. The third-order valence-corrected chi connectivity index (χ3v) is 3.45. The molecule has 84 valence electrons. The Kier molecular flexibility index (Phi) is 3.90. The van der Waals surface area contributed by atoms with Crippen molar-refractivity contribution in [1.82, 2.24) is 9.97 Å². The first kappa shape index (κ1) is 12.2. The highest BCUT2D eigenvalue weighted by Crippen LogP contribution is 2.22. The lowest BCUT2D eigenvalue weighted by molar-refractivity contribution is 0.602. The van der Waals surface area contributed by atoms with Gasteiger partial charge in [0.1, 0.15) is 6.33 Å². The van der Waals surface area contributed by atoms with E-state index in [4.69, 9.17) is 0 Å². The summed E-state index contributed by atoms with van der Waals surface area (Å²) in [5.74, 6) is -0.0842. The Morgan fingerprint density at radius 2 is 2.13 bits per heavy atom. The second-order valence-corrected chi connectivity index (χ2v) is 5.45. The molecule has 0 unspecified atom stereocenters. The first-order chi connectivity index (χ1) is 6.96. The van der Waals surface area contributed by atoms with Crippen LogP contribution >= 0.6 is 11.8 Å². The summed E-state index contributed by atoms with van der Waals surface area (Å²) in [4.78, 5) is 7.64. The van der Waals surface area contributed by atoms with Gasteiger partial charge in [0.25, 0.3) is 0 Å². The topological polar surface area (TPSA) is 37.8 Å². The van der Waals surface area contributed by atoms with Gasteiger partial charge in [0.05, 0.1) is 5.69 Å². The minimum Gasteiger partial charge on any atom is -0.366 e. The molecular formula is C10H16FN3S. The van der Waals surface area contributed by atoms with Crippen LogP contribution in [0.2, 0.25) is 0 Å². The molecule has 0 saturated carbocycles. The summed E-state index contributed by atoms with van der Waals surface area (Å²) in [6.45, 7) is 6.48. The molecule has 0 atom stereocenters. The SMILES string of the molecule is CSC(C)(C)CNc1ncnc(C)c1F. The van der Waals surface area contributed by atoms with Gasteiger partial charge < -0.3 is 5.32 Å². The minimum absolute atomic E-state index is 0.0608. The van der Waals surface area contributed by atoms with Gasteiger partial charge in [-0.1, -0.05) is 0 Å². The maximum atomic E-state index is 13.5. The zero-order valence-corrected chi connectivity index (χ0v) is 10.3. The lowest BCUT2D eigenvalue weighted by Crippen LogP contribution is -2.26. The predicted octanol–water partition coefficient (Wildman–Crippen LogP) is 2.48. The van der Waals surface area contributed by atoms with Crippen molar-refractivity contribution in [2.24, 2.45) is 0 Å². The van der Waals surface area contributed by atoms with Gasteiger partial charge in [-0.3, -0.25) is 0 Å². The number of hydrogen-bond acceptors (Lipinski definition) is 4. The van der Waals surface area contributed by atoms with Crippen molar-refractivity contribution in [1.29, 1.82) is 0 Å². The Labute approximate surface area is 93.9 Å². The number of nitrogens with one attached hydrogen (secondary N) is 1. The van der Waals surface area contributed by atoms with Crippen LogP contribution in [0.15, 0.2) is 6.33 Å². The largest absolute Gasteiger partial charge is 0.366 e. The van der Waals surface area contributed by atoms with Crippen LogP contribution in [-0.2, 0) is 0 Å². The van der Waals surface area contributed by atoms with Gasteiger partial charge in [-0.2, -0.15) is 11.8 Å². The number of nitrogens with zero attached hydrogens (tertiary/aromatic N) is 2. The van der Waals surface area contributed by atoms with Crippen LogP contribution in [0.25, 0.3) is 0 Å². The van der Waals surface area contributed by atoms with E-state index in [-0.39, 0.29) is 16.4 Å². The normalized spacial score (nSPS) is 11.5. The lowest BCUT2D eigenvalue weighted by atomic mass is 10.2. The fourth-order valence-corrected chi connectivity index (χ4v) is 1.17. The number of aromatic nitrogens is 2. The maximum Gasteiger partial charge on any atom is 0.186 e. The molecule has 1 rings (SSSR count). The highest BCUT2D eigenvalue weighted by molar-refractivity contribution is 7.99. The third-order valence-electron chi connectivity index (χ3n) is 2.20. The lowest BCUT2D eigenvalue weighted by Gasteiger charge is -2.22. The van der Waals surface area contributed by atoms with Gasteiger partial charge in [0.15, 0.2) is 11.6 Å². The first-order valence-electron chi connectivity index (χ1n) is 4.72. The van der Waals surface area contributed by atoms with Crippen LogP contribution in [0.4, 0.5) is 10.2 Å². The van der Waals surface area contributed by atoms with Crippen LogP contribution in [0.1, 0.15) is 19.5 Å². The van der Waals surface area contributed by atoms with Crippen molar-refractivity contribution in [3.8, 4) is 0 Å². The van der Waals surface area contributed by atoms with Gasteiger partial charge in [-0.15, -0.1) is 0 Å². The van der Waals surface area contributed by atoms with Crippen LogP contribution in [-0.4, -0.2) is 27.5 Å². The Morgan fingerprint density at radius 1 is 1.47 bits per heavy atom. The molecule has 5 heteroatoms. The van der Waals surface area contributed by atoms with E-state index < -0.39 is 0 Å². The molecule has 1 aromatic heterocycles. The summed E-state index contributed by atoms with van der Waals surface area (Å²) in [5, 5.41) is 3.00. The predicted molar refractivity (Wildman–Crippen MR) is 62.8 cm³/mol. The van der Waals surface area contributed by atoms with E-state index in [2.05, 4.69) is 29.1 Å². The van der Waals surface area contributed by atoms with Gasteiger partial charge >= 0.3 is 0 Å². The van der Waals surface area contributed by atoms with Crippen molar-refractivity contribution in [3.63, 3.8) is 0 Å². The number of rotatable bonds is 4. The van der Waals surface area contributed by atoms with E-state index in [9.17, 15) is 4.39 Å². The van der Waals surface area contributed by atoms with E-state index in [0.717, 1.165) is 0 Å². The zero-order valence-electron chi connectivity index (χ0n) is 9.47. The molecule has 1 N–H and O–H groups in total. The van der Waals surface area contributed by atoms with Crippen molar-refractivity contribution in [2.75, 3.05) is 18.1 Å². The van der Waals surface area contributed by atoms with Crippen molar-refractivity contribution < 1.29 is 4.39 Å². The third kappa shape index (κ3) is 3.34. The van der Waals surface area contributed by atoms with Gasteiger partial charge in [-0.25, -0.2) is 14.4 Å². The molecule has 0 fully saturated rings. The maximum absolute atomic E-state index is 13.5. The summed E-state index contributed by atoms with van der Waals surface area (Å²) in [7, 11) is 0. The molecule has 0 aliphatic rings. The zero-order chi connectivity index (χ0) is 11.5. The Morgan fingerprint density at radius 3 is 2.73 bits per heavy atom. The van der Waals surface area contributed by atoms with Crippen molar-refractivity contribution in [3.05, 3.63) is 17.8 Å². The van der Waals surface area contributed by atoms with Gasteiger partial charge in [0.2, 0.25) is 0 Å². The summed E-state index contributed by atoms with van der Waals surface area (Å²) >= 11 is 1.73. The molecule has 0 radical (unpaired) electrons. The van der Waals surface area contributed by atoms with Crippen LogP contribution in [0.3, 0.4) is 0 Å². The molecule has 1 aromatic rings. The number of thioether (sulfide) groups is 1. The molecule has 1 heterocycles. The molecule has 3 nitrogen and oxygen atoms in total. The summed E-state index contributed by atoms with van der Waals surface area (Å²) in [6, 6.07) is 0. The Hall–Kier alpha value is -0.840. The first-order valence-corrected chi connectivity index (χ1v) is 5.95. The Bertz CT molecular complexity index is 341. The molecule has 0 amide bonds. The average molecular weight is 229 g/mol. The summed E-state index contributed by atoms with van der Waals surface area (Å²) in [5.41, 5.74) is 0.370. The molecule has 0 spiro atoms. The highest BCUT2D eigenvalue weighted by atomic mass is 32.2. The monoisotopic (exact) mass is 229 g/mol.